The standard InChI is InChI=1S/C23H28N2O4S/c1-18(26)21-8-4-5-9-22(21)24-23(27)15-12-19-10-13-20(14-11-19)30(28,29)25-16-6-2-3-7-17-25/h4-5,8-11,13-14H,2-3,6-7,12,15-17H2,1H3,(H,24,27). The molecule has 6 nitrogen and oxygen atoms in total. The monoisotopic (exact) mass is 428 g/mol. The van der Waals surface area contributed by atoms with Gasteiger partial charge in [0, 0.05) is 25.1 Å². The summed E-state index contributed by atoms with van der Waals surface area (Å²) >= 11 is 0. The summed E-state index contributed by atoms with van der Waals surface area (Å²) in [5, 5.41) is 2.78. The van der Waals surface area contributed by atoms with Gasteiger partial charge in [-0.15, -0.1) is 0 Å². The summed E-state index contributed by atoms with van der Waals surface area (Å²) in [6.07, 6.45) is 4.68. The second kappa shape index (κ2) is 10.00. The molecule has 1 aliphatic heterocycles. The lowest BCUT2D eigenvalue weighted by atomic mass is 10.1. The molecule has 0 bridgehead atoms. The maximum atomic E-state index is 12.8. The first kappa shape index (κ1) is 22.2. The first-order chi connectivity index (χ1) is 14.4. The first-order valence-corrected chi connectivity index (χ1v) is 11.8. The summed E-state index contributed by atoms with van der Waals surface area (Å²) in [6.45, 7) is 2.62. The smallest absolute Gasteiger partial charge is 0.243 e. The third kappa shape index (κ3) is 5.55. The number of hydrogen-bond donors (Lipinski definition) is 1. The fraction of sp³-hybridized carbons (Fsp3) is 0.391. The minimum Gasteiger partial charge on any atom is -0.325 e. The molecule has 160 valence electrons. The second-order valence-electron chi connectivity index (χ2n) is 7.61. The molecule has 7 heteroatoms. The summed E-state index contributed by atoms with van der Waals surface area (Å²) < 4.78 is 27.3. The van der Waals surface area contributed by atoms with Crippen molar-refractivity contribution in [1.29, 1.82) is 0 Å². The van der Waals surface area contributed by atoms with E-state index in [1.54, 1.807) is 52.8 Å². The Labute approximate surface area is 178 Å². The zero-order valence-corrected chi connectivity index (χ0v) is 18.1. The Morgan fingerprint density at radius 2 is 1.57 bits per heavy atom. The average Bonchev–Trinajstić information content (AvgIpc) is 3.03. The number of para-hydroxylation sites is 1. The Kier molecular flexibility index (Phi) is 7.39. The lowest BCUT2D eigenvalue weighted by Gasteiger charge is -2.20. The van der Waals surface area contributed by atoms with Crippen LogP contribution in [-0.2, 0) is 21.2 Å². The van der Waals surface area contributed by atoms with Gasteiger partial charge in [-0.25, -0.2) is 8.42 Å². The maximum absolute atomic E-state index is 12.8. The fourth-order valence-electron chi connectivity index (χ4n) is 3.63. The van der Waals surface area contributed by atoms with Crippen molar-refractivity contribution in [3.8, 4) is 0 Å². The van der Waals surface area contributed by atoms with Crippen molar-refractivity contribution in [2.24, 2.45) is 0 Å². The third-order valence-electron chi connectivity index (χ3n) is 5.35. The number of anilines is 1. The zero-order chi connectivity index (χ0) is 21.6. The van der Waals surface area contributed by atoms with Crippen LogP contribution in [0.2, 0.25) is 0 Å². The molecule has 1 aliphatic rings. The zero-order valence-electron chi connectivity index (χ0n) is 17.3. The third-order valence-corrected chi connectivity index (χ3v) is 7.26. The van der Waals surface area contributed by atoms with E-state index in [9.17, 15) is 18.0 Å². The minimum absolute atomic E-state index is 0.105. The minimum atomic E-state index is -3.46. The summed E-state index contributed by atoms with van der Waals surface area (Å²) in [5.74, 6) is -0.294. The molecule has 1 N–H and O–H groups in total. The number of Topliss-reactive ketones (excluding diaryl/α,β-unsaturated/α-hetero) is 1. The number of carbonyl (C=O) groups is 2. The van der Waals surface area contributed by atoms with E-state index in [1.807, 2.05) is 0 Å². The largest absolute Gasteiger partial charge is 0.325 e. The van der Waals surface area contributed by atoms with Gasteiger partial charge in [-0.05, 0) is 56.0 Å². The Balaban J connectivity index is 1.59. The van der Waals surface area contributed by atoms with E-state index in [2.05, 4.69) is 5.32 Å². The molecule has 1 saturated heterocycles. The number of nitrogens with zero attached hydrogens (tertiary/aromatic N) is 1. The van der Waals surface area contributed by atoms with E-state index in [0.717, 1.165) is 31.2 Å². The van der Waals surface area contributed by atoms with Crippen LogP contribution in [0.1, 0.15) is 54.9 Å². The van der Waals surface area contributed by atoms with Gasteiger partial charge in [0.2, 0.25) is 15.9 Å². The van der Waals surface area contributed by atoms with E-state index in [0.29, 0.717) is 35.7 Å². The van der Waals surface area contributed by atoms with Crippen molar-refractivity contribution in [3.63, 3.8) is 0 Å². The second-order valence-corrected chi connectivity index (χ2v) is 9.55. The fourth-order valence-corrected chi connectivity index (χ4v) is 5.15. The molecule has 2 aromatic carbocycles. The predicted molar refractivity (Wildman–Crippen MR) is 117 cm³/mol. The highest BCUT2D eigenvalue weighted by molar-refractivity contribution is 7.89. The van der Waals surface area contributed by atoms with Crippen LogP contribution in [-0.4, -0.2) is 37.5 Å². The summed E-state index contributed by atoms with van der Waals surface area (Å²) in [7, 11) is -3.46. The van der Waals surface area contributed by atoms with Crippen molar-refractivity contribution in [3.05, 3.63) is 59.7 Å². The van der Waals surface area contributed by atoms with Crippen LogP contribution in [0.3, 0.4) is 0 Å². The van der Waals surface area contributed by atoms with Crippen LogP contribution in [0.25, 0.3) is 0 Å². The van der Waals surface area contributed by atoms with Gasteiger partial charge in [-0.2, -0.15) is 4.31 Å². The quantitative estimate of drug-likeness (QED) is 0.675. The van der Waals surface area contributed by atoms with Gasteiger partial charge < -0.3 is 5.32 Å². The van der Waals surface area contributed by atoms with Gasteiger partial charge in [-0.1, -0.05) is 37.1 Å². The van der Waals surface area contributed by atoms with Crippen LogP contribution in [0.15, 0.2) is 53.4 Å². The van der Waals surface area contributed by atoms with E-state index in [4.69, 9.17) is 0 Å². The van der Waals surface area contributed by atoms with Gasteiger partial charge in [-0.3, -0.25) is 9.59 Å². The van der Waals surface area contributed by atoms with Crippen LogP contribution < -0.4 is 5.32 Å². The van der Waals surface area contributed by atoms with Crippen LogP contribution in [0.5, 0.6) is 0 Å². The van der Waals surface area contributed by atoms with Crippen LogP contribution in [0, 0.1) is 0 Å². The predicted octanol–water partition coefficient (Wildman–Crippen LogP) is 4.03. The SMILES string of the molecule is CC(=O)c1ccccc1NC(=O)CCc1ccc(S(=O)(=O)N2CCCCCC2)cc1. The van der Waals surface area contributed by atoms with Crippen molar-refractivity contribution < 1.29 is 18.0 Å². The highest BCUT2D eigenvalue weighted by atomic mass is 32.2. The van der Waals surface area contributed by atoms with E-state index < -0.39 is 10.0 Å². The van der Waals surface area contributed by atoms with Crippen molar-refractivity contribution >= 4 is 27.4 Å². The number of aryl methyl sites for hydroxylation is 1. The molecule has 0 radical (unpaired) electrons. The Morgan fingerprint density at radius 1 is 0.933 bits per heavy atom. The molecule has 0 unspecified atom stereocenters. The van der Waals surface area contributed by atoms with Gasteiger partial charge in [0.15, 0.2) is 5.78 Å². The van der Waals surface area contributed by atoms with Gasteiger partial charge >= 0.3 is 0 Å². The molecular formula is C23H28N2O4S. The van der Waals surface area contributed by atoms with Gasteiger partial charge in [0.1, 0.15) is 0 Å². The van der Waals surface area contributed by atoms with Crippen molar-refractivity contribution in [2.45, 2.75) is 50.3 Å². The highest BCUT2D eigenvalue weighted by Crippen LogP contribution is 2.21. The molecule has 0 aliphatic carbocycles. The lowest BCUT2D eigenvalue weighted by molar-refractivity contribution is -0.116. The van der Waals surface area contributed by atoms with Gasteiger partial charge in [0.25, 0.3) is 0 Å². The normalized spacial score (nSPS) is 15.4. The molecule has 1 fully saturated rings. The topological polar surface area (TPSA) is 83.5 Å². The van der Waals surface area contributed by atoms with Crippen molar-refractivity contribution in [1.82, 2.24) is 4.31 Å². The molecule has 3 rings (SSSR count). The van der Waals surface area contributed by atoms with Crippen molar-refractivity contribution in [2.75, 3.05) is 18.4 Å². The van der Waals surface area contributed by atoms with E-state index in [1.165, 1.54) is 6.92 Å². The molecule has 1 amide bonds. The first-order valence-electron chi connectivity index (χ1n) is 10.4. The van der Waals surface area contributed by atoms with Crippen LogP contribution >= 0.6 is 0 Å². The molecule has 0 aromatic heterocycles. The molecule has 0 spiro atoms. The number of ketones is 1. The summed E-state index contributed by atoms with van der Waals surface area (Å²) in [5.41, 5.74) is 1.88. The maximum Gasteiger partial charge on any atom is 0.243 e. The molecule has 2 aromatic rings. The molecule has 0 saturated carbocycles. The summed E-state index contributed by atoms with van der Waals surface area (Å²) in [4.78, 5) is 24.3. The number of rotatable bonds is 7. The highest BCUT2D eigenvalue weighted by Gasteiger charge is 2.24. The average molecular weight is 429 g/mol. The van der Waals surface area contributed by atoms with E-state index >= 15 is 0 Å². The Hall–Kier alpha value is -2.51. The van der Waals surface area contributed by atoms with E-state index in [-0.39, 0.29) is 18.1 Å². The molecule has 1 heterocycles. The Bertz CT molecular complexity index is 992. The molecule has 30 heavy (non-hydrogen) atoms. The number of nitrogens with one attached hydrogen (secondary N) is 1. The number of carbonyl (C=O) groups excluding carboxylic acids is 2. The molecule has 0 atom stereocenters. The molecular weight excluding hydrogens is 400 g/mol. The lowest BCUT2D eigenvalue weighted by Crippen LogP contribution is -2.31. The van der Waals surface area contributed by atoms with Gasteiger partial charge in [0.05, 0.1) is 10.6 Å². The number of sulfonamides is 1. The number of hydrogen-bond acceptors (Lipinski definition) is 4. The Morgan fingerprint density at radius 3 is 2.20 bits per heavy atom. The number of benzene rings is 2. The summed E-state index contributed by atoms with van der Waals surface area (Å²) in [6, 6.07) is 13.7. The van der Waals surface area contributed by atoms with Crippen LogP contribution in [0.4, 0.5) is 5.69 Å². The number of amides is 1.